The van der Waals surface area contributed by atoms with E-state index in [1.807, 2.05) is 57.2 Å². The Balaban J connectivity index is 1.67. The average Bonchev–Trinajstić information content (AvgIpc) is 2.80. The maximum absolute atomic E-state index is 14.4. The van der Waals surface area contributed by atoms with Crippen LogP contribution in [0.25, 0.3) is 0 Å². The summed E-state index contributed by atoms with van der Waals surface area (Å²) in [6.45, 7) is 5.94. The number of rotatable bonds is 5. The first kappa shape index (κ1) is 26.0. The van der Waals surface area contributed by atoms with E-state index in [1.54, 1.807) is 4.31 Å². The second-order valence-corrected chi connectivity index (χ2v) is 11.5. The SMILES string of the molecule is C=S(=O)(c1c(C)cc(C)cc1C)N1Cc2ccccc2CC1C(=O)NCc1cccc(C(F)(F)F)c1. The van der Waals surface area contributed by atoms with E-state index < -0.39 is 33.4 Å². The van der Waals surface area contributed by atoms with E-state index in [2.05, 4.69) is 11.2 Å². The van der Waals surface area contributed by atoms with Gasteiger partial charge in [-0.25, -0.2) is 8.51 Å². The number of hydrogen-bond donors (Lipinski definition) is 1. The van der Waals surface area contributed by atoms with Crippen molar-refractivity contribution < 1.29 is 22.2 Å². The van der Waals surface area contributed by atoms with E-state index in [0.29, 0.717) is 16.9 Å². The van der Waals surface area contributed by atoms with Crippen LogP contribution in [0.3, 0.4) is 0 Å². The number of nitrogens with one attached hydrogen (secondary N) is 1. The lowest BCUT2D eigenvalue weighted by Crippen LogP contribution is -2.52. The summed E-state index contributed by atoms with van der Waals surface area (Å²) in [5, 5.41) is 2.77. The molecule has 0 bridgehead atoms. The Morgan fingerprint density at radius 1 is 1.03 bits per heavy atom. The van der Waals surface area contributed by atoms with Crippen molar-refractivity contribution in [2.24, 2.45) is 0 Å². The standard InChI is InChI=1S/C28H29F3N2O2S/c1-18-12-19(2)26(20(3)13-18)36(4,35)33-17-23-10-6-5-9-22(23)15-25(33)27(34)32-16-21-8-7-11-24(14-21)28(29,30)31/h5-14,25H,4,15-17H2,1-3H3,(H,32,34). The number of aryl methyl sites for hydroxylation is 3. The number of hydrogen-bond acceptors (Lipinski definition) is 2. The first-order valence-corrected chi connectivity index (χ1v) is 13.3. The molecule has 0 saturated heterocycles. The van der Waals surface area contributed by atoms with E-state index >= 15 is 0 Å². The number of nitrogens with zero attached hydrogens (tertiary/aromatic N) is 1. The minimum absolute atomic E-state index is 0.0737. The lowest BCUT2D eigenvalue weighted by molar-refractivity contribution is -0.137. The van der Waals surface area contributed by atoms with Crippen molar-refractivity contribution in [3.63, 3.8) is 0 Å². The maximum Gasteiger partial charge on any atom is 0.416 e. The molecule has 0 radical (unpaired) electrons. The molecule has 0 saturated carbocycles. The minimum Gasteiger partial charge on any atom is -0.351 e. The van der Waals surface area contributed by atoms with Gasteiger partial charge in [-0.15, -0.1) is 0 Å². The van der Waals surface area contributed by atoms with Gasteiger partial charge >= 0.3 is 6.18 Å². The second-order valence-electron chi connectivity index (χ2n) is 9.35. The van der Waals surface area contributed by atoms with Gasteiger partial charge in [0.25, 0.3) is 0 Å². The molecule has 36 heavy (non-hydrogen) atoms. The third kappa shape index (κ3) is 5.20. The molecule has 0 aromatic heterocycles. The zero-order valence-electron chi connectivity index (χ0n) is 20.5. The van der Waals surface area contributed by atoms with Crippen molar-refractivity contribution in [2.45, 2.75) is 57.4 Å². The third-order valence-corrected chi connectivity index (χ3v) is 8.95. The summed E-state index contributed by atoms with van der Waals surface area (Å²) in [7, 11) is -3.06. The molecule has 2 atom stereocenters. The largest absolute Gasteiger partial charge is 0.416 e. The Hall–Kier alpha value is -3.10. The molecule has 190 valence electrons. The maximum atomic E-state index is 14.4. The van der Waals surface area contributed by atoms with Gasteiger partial charge in [0.05, 0.1) is 20.2 Å². The first-order valence-electron chi connectivity index (χ1n) is 11.6. The van der Waals surface area contributed by atoms with Crippen molar-refractivity contribution in [1.29, 1.82) is 0 Å². The van der Waals surface area contributed by atoms with E-state index in [-0.39, 0.29) is 13.1 Å². The molecule has 0 aliphatic carbocycles. The lowest BCUT2D eigenvalue weighted by atomic mass is 9.95. The van der Waals surface area contributed by atoms with Gasteiger partial charge in [-0.05, 0) is 73.0 Å². The predicted molar refractivity (Wildman–Crippen MR) is 137 cm³/mol. The highest BCUT2D eigenvalue weighted by atomic mass is 32.2. The molecular weight excluding hydrogens is 485 g/mol. The fourth-order valence-corrected chi connectivity index (χ4v) is 7.27. The second kappa shape index (κ2) is 9.75. The van der Waals surface area contributed by atoms with Gasteiger partial charge in [0.1, 0.15) is 6.04 Å². The van der Waals surface area contributed by atoms with Gasteiger partial charge in [-0.3, -0.25) is 4.79 Å². The minimum atomic E-state index is -4.47. The number of halogens is 3. The van der Waals surface area contributed by atoms with Crippen molar-refractivity contribution in [3.05, 3.63) is 99.6 Å². The Labute approximate surface area is 210 Å². The first-order chi connectivity index (χ1) is 16.9. The highest BCUT2D eigenvalue weighted by Crippen LogP contribution is 2.33. The normalized spacial score (nSPS) is 17.8. The highest BCUT2D eigenvalue weighted by Gasteiger charge is 2.37. The summed E-state index contributed by atoms with van der Waals surface area (Å²) in [5.74, 6) is 3.72. The summed E-state index contributed by atoms with van der Waals surface area (Å²) in [6, 6.07) is 15.7. The van der Waals surface area contributed by atoms with Crippen molar-refractivity contribution in [1.82, 2.24) is 9.62 Å². The Kier molecular flexibility index (Phi) is 7.03. The molecule has 1 heterocycles. The van der Waals surface area contributed by atoms with Gasteiger partial charge in [-0.1, -0.05) is 54.1 Å². The molecule has 4 nitrogen and oxygen atoms in total. The smallest absolute Gasteiger partial charge is 0.351 e. The van der Waals surface area contributed by atoms with Gasteiger partial charge in [-0.2, -0.15) is 13.2 Å². The van der Waals surface area contributed by atoms with Crippen LogP contribution in [-0.4, -0.2) is 26.3 Å². The summed E-state index contributed by atoms with van der Waals surface area (Å²) in [5.41, 5.74) is 4.24. The van der Waals surface area contributed by atoms with Crippen LogP contribution in [0.1, 0.15) is 38.9 Å². The summed E-state index contributed by atoms with van der Waals surface area (Å²) in [6.07, 6.45) is -4.14. The molecule has 4 rings (SSSR count). The summed E-state index contributed by atoms with van der Waals surface area (Å²) < 4.78 is 55.3. The monoisotopic (exact) mass is 514 g/mol. The van der Waals surface area contributed by atoms with Crippen molar-refractivity contribution >= 4 is 21.5 Å². The van der Waals surface area contributed by atoms with Crippen LogP contribution in [0, 0.1) is 20.8 Å². The average molecular weight is 515 g/mol. The van der Waals surface area contributed by atoms with Gasteiger partial charge in [0.2, 0.25) is 5.91 Å². The number of fused-ring (bicyclic) bond motifs is 1. The van der Waals surface area contributed by atoms with E-state index in [0.717, 1.165) is 39.9 Å². The van der Waals surface area contributed by atoms with Gasteiger partial charge in [0, 0.05) is 13.1 Å². The molecule has 2 unspecified atom stereocenters. The van der Waals surface area contributed by atoms with Gasteiger partial charge in [0.15, 0.2) is 0 Å². The fourth-order valence-electron chi connectivity index (χ4n) is 4.98. The molecule has 1 aliphatic heterocycles. The number of carbonyl (C=O) groups excluding carboxylic acids is 1. The fraction of sp³-hybridized carbons (Fsp3) is 0.286. The molecule has 0 spiro atoms. The molecule has 1 aliphatic rings. The quantitative estimate of drug-likeness (QED) is 0.466. The Bertz CT molecular complexity index is 1390. The van der Waals surface area contributed by atoms with Crippen LogP contribution >= 0.6 is 0 Å². The molecule has 1 N–H and O–H groups in total. The summed E-state index contributed by atoms with van der Waals surface area (Å²) >= 11 is 0. The molecule has 0 fully saturated rings. The Morgan fingerprint density at radius 2 is 1.67 bits per heavy atom. The zero-order chi connectivity index (χ0) is 26.3. The van der Waals surface area contributed by atoms with Crippen LogP contribution in [0.2, 0.25) is 0 Å². The predicted octanol–water partition coefficient (Wildman–Crippen LogP) is 5.36. The zero-order valence-corrected chi connectivity index (χ0v) is 21.3. The molecule has 1 amide bonds. The topological polar surface area (TPSA) is 49.4 Å². The molecule has 8 heteroatoms. The Morgan fingerprint density at radius 3 is 2.31 bits per heavy atom. The summed E-state index contributed by atoms with van der Waals surface area (Å²) in [4.78, 5) is 14.1. The van der Waals surface area contributed by atoms with Crippen molar-refractivity contribution in [3.8, 4) is 0 Å². The number of carbonyl (C=O) groups is 1. The van der Waals surface area contributed by atoms with Crippen LogP contribution in [0.4, 0.5) is 13.2 Å². The van der Waals surface area contributed by atoms with Crippen LogP contribution < -0.4 is 5.32 Å². The molecule has 3 aromatic carbocycles. The van der Waals surface area contributed by atoms with Crippen LogP contribution in [-0.2, 0) is 40.2 Å². The van der Waals surface area contributed by atoms with E-state index in [9.17, 15) is 22.2 Å². The van der Waals surface area contributed by atoms with E-state index in [1.165, 1.54) is 12.1 Å². The van der Waals surface area contributed by atoms with Crippen molar-refractivity contribution in [2.75, 3.05) is 0 Å². The van der Waals surface area contributed by atoms with Crippen LogP contribution in [0.5, 0.6) is 0 Å². The number of alkyl halides is 3. The number of benzene rings is 3. The third-order valence-electron chi connectivity index (χ3n) is 6.53. The lowest BCUT2D eigenvalue weighted by Gasteiger charge is -2.38. The van der Waals surface area contributed by atoms with Gasteiger partial charge < -0.3 is 5.32 Å². The van der Waals surface area contributed by atoms with Crippen LogP contribution in [0.15, 0.2) is 65.6 Å². The molecular formula is C28H29F3N2O2S. The van der Waals surface area contributed by atoms with E-state index in [4.69, 9.17) is 0 Å². The number of amides is 1. The molecule has 3 aromatic rings. The highest BCUT2D eigenvalue weighted by molar-refractivity contribution is 7.98.